The predicted octanol–water partition coefficient (Wildman–Crippen LogP) is 0.758. The van der Waals surface area contributed by atoms with E-state index in [1.54, 1.807) is 4.90 Å². The molecule has 0 saturated carbocycles. The number of hydrogen-bond acceptors (Lipinski definition) is 3. The van der Waals surface area contributed by atoms with Crippen molar-refractivity contribution in [1.82, 2.24) is 10.2 Å². The van der Waals surface area contributed by atoms with Crippen molar-refractivity contribution in [2.45, 2.75) is 19.4 Å². The summed E-state index contributed by atoms with van der Waals surface area (Å²) in [6.45, 7) is 2.42. The van der Waals surface area contributed by atoms with Crippen LogP contribution in [0.5, 0.6) is 0 Å². The molecule has 2 rings (SSSR count). The Kier molecular flexibility index (Phi) is 3.69. The molecule has 1 unspecified atom stereocenters. The number of nitrogen functional groups attached to an aromatic ring is 1. The van der Waals surface area contributed by atoms with Crippen LogP contribution in [0.25, 0.3) is 0 Å². The van der Waals surface area contributed by atoms with Gasteiger partial charge in [0.2, 0.25) is 5.91 Å². The van der Waals surface area contributed by atoms with E-state index in [0.29, 0.717) is 19.5 Å². The second-order valence-corrected chi connectivity index (χ2v) is 4.71. The number of carbonyl (C=O) groups excluding carboxylic acids is 2. The molecule has 1 heterocycles. The molecule has 6 heteroatoms. The summed E-state index contributed by atoms with van der Waals surface area (Å²) in [6, 6.07) is 3.76. The first-order valence-electron chi connectivity index (χ1n) is 6.08. The zero-order valence-corrected chi connectivity index (χ0v) is 10.6. The number of halogens is 1. The van der Waals surface area contributed by atoms with Gasteiger partial charge in [0, 0.05) is 37.3 Å². The number of anilines is 1. The Morgan fingerprint density at radius 3 is 2.79 bits per heavy atom. The zero-order valence-electron chi connectivity index (χ0n) is 10.6. The fraction of sp³-hybridized carbons (Fsp3) is 0.385. The van der Waals surface area contributed by atoms with Gasteiger partial charge in [-0.05, 0) is 24.6 Å². The Hall–Kier alpha value is -2.11. The van der Waals surface area contributed by atoms with Crippen molar-refractivity contribution in [3.63, 3.8) is 0 Å². The summed E-state index contributed by atoms with van der Waals surface area (Å²) in [5.41, 5.74) is 5.98. The molecule has 1 aliphatic heterocycles. The van der Waals surface area contributed by atoms with E-state index in [0.717, 1.165) is 0 Å². The summed E-state index contributed by atoms with van der Waals surface area (Å²) in [7, 11) is 0. The highest BCUT2D eigenvalue weighted by Crippen LogP contribution is 2.17. The Bertz CT molecular complexity index is 498. The average Bonchev–Trinajstić information content (AvgIpc) is 2.74. The summed E-state index contributed by atoms with van der Waals surface area (Å²) >= 11 is 0. The van der Waals surface area contributed by atoms with E-state index in [1.165, 1.54) is 25.1 Å². The Morgan fingerprint density at radius 2 is 2.16 bits per heavy atom. The monoisotopic (exact) mass is 265 g/mol. The molecular formula is C13H16FN3O2. The number of amides is 2. The van der Waals surface area contributed by atoms with Gasteiger partial charge in [0.05, 0.1) is 0 Å². The van der Waals surface area contributed by atoms with Crippen LogP contribution in [-0.2, 0) is 4.79 Å². The molecule has 0 aromatic heterocycles. The molecule has 1 aromatic rings. The van der Waals surface area contributed by atoms with Gasteiger partial charge >= 0.3 is 0 Å². The molecule has 0 radical (unpaired) electrons. The van der Waals surface area contributed by atoms with Gasteiger partial charge in [0.25, 0.3) is 5.91 Å². The number of benzene rings is 1. The lowest BCUT2D eigenvalue weighted by Crippen LogP contribution is -2.37. The first-order valence-corrected chi connectivity index (χ1v) is 6.08. The molecule has 0 bridgehead atoms. The topological polar surface area (TPSA) is 75.4 Å². The minimum atomic E-state index is -0.527. The van der Waals surface area contributed by atoms with E-state index in [-0.39, 0.29) is 29.1 Å². The van der Waals surface area contributed by atoms with Crippen molar-refractivity contribution in [2.24, 2.45) is 0 Å². The van der Waals surface area contributed by atoms with Crippen LogP contribution in [0.4, 0.5) is 10.1 Å². The third-order valence-electron chi connectivity index (χ3n) is 3.05. The number of nitrogens with one attached hydrogen (secondary N) is 1. The molecule has 5 nitrogen and oxygen atoms in total. The number of rotatable bonds is 2. The van der Waals surface area contributed by atoms with Gasteiger partial charge in [0.15, 0.2) is 0 Å². The average molecular weight is 265 g/mol. The van der Waals surface area contributed by atoms with Gasteiger partial charge in [-0.2, -0.15) is 0 Å². The normalized spacial score (nSPS) is 18.4. The van der Waals surface area contributed by atoms with E-state index in [2.05, 4.69) is 5.32 Å². The number of likely N-dealkylation sites (tertiary alicyclic amines) is 1. The van der Waals surface area contributed by atoms with Crippen LogP contribution in [-0.4, -0.2) is 35.8 Å². The van der Waals surface area contributed by atoms with Crippen LogP contribution in [0.1, 0.15) is 23.7 Å². The number of hydrogen-bond donors (Lipinski definition) is 2. The van der Waals surface area contributed by atoms with Crippen LogP contribution in [0.2, 0.25) is 0 Å². The number of nitrogens with two attached hydrogens (primary N) is 1. The molecule has 1 aliphatic rings. The predicted molar refractivity (Wildman–Crippen MR) is 68.9 cm³/mol. The Balaban J connectivity index is 2.06. The quantitative estimate of drug-likeness (QED) is 0.775. The van der Waals surface area contributed by atoms with E-state index >= 15 is 0 Å². The molecular weight excluding hydrogens is 249 g/mol. The lowest BCUT2D eigenvalue weighted by molar-refractivity contribution is -0.119. The summed E-state index contributed by atoms with van der Waals surface area (Å²) in [5, 5.41) is 2.77. The highest BCUT2D eigenvalue weighted by molar-refractivity contribution is 5.95. The highest BCUT2D eigenvalue weighted by Gasteiger charge is 2.27. The van der Waals surface area contributed by atoms with Crippen LogP contribution in [0.15, 0.2) is 18.2 Å². The molecule has 2 amide bonds. The molecule has 1 saturated heterocycles. The summed E-state index contributed by atoms with van der Waals surface area (Å²) in [5.74, 6) is -0.908. The Labute approximate surface area is 110 Å². The lowest BCUT2D eigenvalue weighted by Gasteiger charge is -2.17. The largest absolute Gasteiger partial charge is 0.399 e. The molecule has 3 N–H and O–H groups in total. The van der Waals surface area contributed by atoms with E-state index < -0.39 is 5.82 Å². The third kappa shape index (κ3) is 3.21. The second-order valence-electron chi connectivity index (χ2n) is 4.71. The molecule has 102 valence electrons. The van der Waals surface area contributed by atoms with Crippen molar-refractivity contribution >= 4 is 17.5 Å². The van der Waals surface area contributed by atoms with Crippen LogP contribution >= 0.6 is 0 Å². The van der Waals surface area contributed by atoms with Crippen molar-refractivity contribution in [1.29, 1.82) is 0 Å². The minimum Gasteiger partial charge on any atom is -0.399 e. The minimum absolute atomic E-state index is 0.0349. The number of nitrogens with zero attached hydrogens (tertiary/aromatic N) is 1. The van der Waals surface area contributed by atoms with Gasteiger partial charge in [-0.15, -0.1) is 0 Å². The number of carbonyl (C=O) groups is 2. The van der Waals surface area contributed by atoms with Crippen LogP contribution in [0.3, 0.4) is 0 Å². The van der Waals surface area contributed by atoms with Gasteiger partial charge in [-0.1, -0.05) is 0 Å². The fourth-order valence-corrected chi connectivity index (χ4v) is 2.27. The van der Waals surface area contributed by atoms with Gasteiger partial charge in [0.1, 0.15) is 5.82 Å². The zero-order chi connectivity index (χ0) is 14.0. The van der Waals surface area contributed by atoms with Crippen molar-refractivity contribution in [2.75, 3.05) is 18.8 Å². The molecule has 1 aromatic carbocycles. The van der Waals surface area contributed by atoms with E-state index in [1.807, 2.05) is 0 Å². The second kappa shape index (κ2) is 5.26. The van der Waals surface area contributed by atoms with Gasteiger partial charge in [-0.3, -0.25) is 9.59 Å². The van der Waals surface area contributed by atoms with Crippen molar-refractivity contribution < 1.29 is 14.0 Å². The third-order valence-corrected chi connectivity index (χ3v) is 3.05. The van der Waals surface area contributed by atoms with Gasteiger partial charge in [-0.25, -0.2) is 4.39 Å². The van der Waals surface area contributed by atoms with E-state index in [4.69, 9.17) is 5.73 Å². The molecule has 0 spiro atoms. The van der Waals surface area contributed by atoms with E-state index in [9.17, 15) is 14.0 Å². The smallest absolute Gasteiger partial charge is 0.254 e. The maximum Gasteiger partial charge on any atom is 0.254 e. The van der Waals surface area contributed by atoms with Crippen LogP contribution < -0.4 is 11.1 Å². The SMILES string of the molecule is CC(=O)NC1CCN(C(=O)c2cc(N)cc(F)c2)C1. The molecule has 0 aliphatic carbocycles. The first-order chi connectivity index (χ1) is 8.95. The first kappa shape index (κ1) is 13.3. The maximum absolute atomic E-state index is 13.2. The highest BCUT2D eigenvalue weighted by atomic mass is 19.1. The summed E-state index contributed by atoms with van der Waals surface area (Å²) in [4.78, 5) is 24.7. The summed E-state index contributed by atoms with van der Waals surface area (Å²) in [6.07, 6.45) is 0.704. The lowest BCUT2D eigenvalue weighted by atomic mass is 10.1. The maximum atomic E-state index is 13.2. The molecule has 19 heavy (non-hydrogen) atoms. The van der Waals surface area contributed by atoms with Gasteiger partial charge < -0.3 is 16.0 Å². The Morgan fingerprint density at radius 1 is 1.42 bits per heavy atom. The standard InChI is InChI=1S/C13H16FN3O2/c1-8(18)16-12-2-3-17(7-12)13(19)9-4-10(14)6-11(15)5-9/h4-6,12H,2-3,7,15H2,1H3,(H,16,18). The fourth-order valence-electron chi connectivity index (χ4n) is 2.27. The van der Waals surface area contributed by atoms with Crippen molar-refractivity contribution in [3.8, 4) is 0 Å². The molecule has 1 fully saturated rings. The molecule has 1 atom stereocenters. The summed E-state index contributed by atoms with van der Waals surface area (Å²) < 4.78 is 13.2. The van der Waals surface area contributed by atoms with Crippen LogP contribution in [0, 0.1) is 5.82 Å². The van der Waals surface area contributed by atoms with Crippen molar-refractivity contribution in [3.05, 3.63) is 29.6 Å².